The van der Waals surface area contributed by atoms with Gasteiger partial charge < -0.3 is 19.9 Å². The van der Waals surface area contributed by atoms with Gasteiger partial charge in [-0.2, -0.15) is 0 Å². The molecule has 6 heteroatoms. The van der Waals surface area contributed by atoms with Crippen molar-refractivity contribution in [3.05, 3.63) is 24.3 Å². The smallest absolute Gasteiger partial charge is 0.303 e. The maximum atomic E-state index is 11.5. The minimum absolute atomic E-state index is 0.00380. The lowest BCUT2D eigenvalue weighted by atomic mass is 10.2. The molecule has 1 atom stereocenters. The van der Waals surface area contributed by atoms with E-state index < -0.39 is 5.97 Å². The van der Waals surface area contributed by atoms with Gasteiger partial charge in [-0.15, -0.1) is 0 Å². The van der Waals surface area contributed by atoms with E-state index in [4.69, 9.17) is 14.6 Å². The van der Waals surface area contributed by atoms with Crippen molar-refractivity contribution in [2.24, 2.45) is 0 Å². The number of carbonyl (C=O) groups is 2. The zero-order valence-corrected chi connectivity index (χ0v) is 11.0. The van der Waals surface area contributed by atoms with Gasteiger partial charge >= 0.3 is 5.97 Å². The van der Waals surface area contributed by atoms with Crippen LogP contribution in [-0.2, 0) is 9.59 Å². The summed E-state index contributed by atoms with van der Waals surface area (Å²) in [6.45, 7) is 0.729. The number of carbonyl (C=O) groups excluding carboxylic acids is 1. The third-order valence-electron chi connectivity index (χ3n) is 2.89. The molecule has 20 heavy (non-hydrogen) atoms. The molecule has 1 aliphatic heterocycles. The number of amides is 1. The predicted molar refractivity (Wildman–Crippen MR) is 70.8 cm³/mol. The Morgan fingerprint density at radius 1 is 1.25 bits per heavy atom. The van der Waals surface area contributed by atoms with Crippen LogP contribution in [-0.4, -0.2) is 36.2 Å². The Morgan fingerprint density at radius 3 is 2.75 bits per heavy atom. The number of ether oxygens (including phenoxy) is 2. The average Bonchev–Trinajstić information content (AvgIpc) is 2.44. The number of fused-ring (bicyclic) bond motifs is 1. The van der Waals surface area contributed by atoms with Crippen LogP contribution in [0.15, 0.2) is 24.3 Å². The molecule has 2 rings (SSSR count). The van der Waals surface area contributed by atoms with E-state index in [1.54, 1.807) is 0 Å². The minimum atomic E-state index is -0.890. The lowest BCUT2D eigenvalue weighted by Gasteiger charge is -2.26. The molecule has 1 amide bonds. The van der Waals surface area contributed by atoms with Gasteiger partial charge in [-0.3, -0.25) is 9.59 Å². The Kier molecular flexibility index (Phi) is 4.81. The van der Waals surface area contributed by atoms with E-state index in [-0.39, 0.29) is 24.9 Å². The highest BCUT2D eigenvalue weighted by molar-refractivity contribution is 5.76. The number of carboxylic acids is 1. The van der Waals surface area contributed by atoms with E-state index in [1.165, 1.54) is 0 Å². The van der Waals surface area contributed by atoms with Gasteiger partial charge in [-0.05, 0) is 18.6 Å². The SMILES string of the molecule is O=C(O)CCCC(=O)NCC1COc2ccccc2O1. The molecular weight excluding hydrogens is 262 g/mol. The topological polar surface area (TPSA) is 84.9 Å². The third-order valence-corrected chi connectivity index (χ3v) is 2.89. The molecule has 1 aromatic carbocycles. The van der Waals surface area contributed by atoms with Gasteiger partial charge in [0.25, 0.3) is 0 Å². The quantitative estimate of drug-likeness (QED) is 0.817. The fraction of sp³-hybridized carbons (Fsp3) is 0.429. The Balaban J connectivity index is 1.70. The maximum Gasteiger partial charge on any atom is 0.303 e. The van der Waals surface area contributed by atoms with Crippen LogP contribution in [0, 0.1) is 0 Å². The lowest BCUT2D eigenvalue weighted by Crippen LogP contribution is -2.40. The average molecular weight is 279 g/mol. The van der Waals surface area contributed by atoms with Crippen molar-refractivity contribution in [2.45, 2.75) is 25.4 Å². The first kappa shape index (κ1) is 14.2. The first-order valence-corrected chi connectivity index (χ1v) is 6.52. The second kappa shape index (κ2) is 6.79. The van der Waals surface area contributed by atoms with Crippen molar-refractivity contribution in [1.29, 1.82) is 0 Å². The Hall–Kier alpha value is -2.24. The second-order valence-corrected chi connectivity index (χ2v) is 4.55. The molecule has 0 saturated heterocycles. The Bertz CT molecular complexity index is 488. The van der Waals surface area contributed by atoms with Crippen LogP contribution >= 0.6 is 0 Å². The first-order chi connectivity index (χ1) is 9.65. The molecule has 0 saturated carbocycles. The normalized spacial score (nSPS) is 16.5. The summed E-state index contributed by atoms with van der Waals surface area (Å²) in [4.78, 5) is 21.8. The summed E-state index contributed by atoms with van der Waals surface area (Å²) in [6, 6.07) is 7.37. The number of hydrogen-bond donors (Lipinski definition) is 2. The number of rotatable bonds is 6. The molecule has 2 N–H and O–H groups in total. The first-order valence-electron chi connectivity index (χ1n) is 6.52. The van der Waals surface area contributed by atoms with Crippen molar-refractivity contribution >= 4 is 11.9 Å². The maximum absolute atomic E-state index is 11.5. The lowest BCUT2D eigenvalue weighted by molar-refractivity contribution is -0.137. The van der Waals surface area contributed by atoms with E-state index in [0.717, 1.165) is 0 Å². The molecule has 0 radical (unpaired) electrons. The summed E-state index contributed by atoms with van der Waals surface area (Å²) in [5.74, 6) is 0.313. The highest BCUT2D eigenvalue weighted by Gasteiger charge is 2.20. The van der Waals surface area contributed by atoms with Crippen LogP contribution in [0.3, 0.4) is 0 Å². The molecule has 0 aromatic heterocycles. The molecule has 1 unspecified atom stereocenters. The fourth-order valence-electron chi connectivity index (χ4n) is 1.88. The van der Waals surface area contributed by atoms with Gasteiger partial charge in [0.1, 0.15) is 12.7 Å². The molecule has 1 heterocycles. The van der Waals surface area contributed by atoms with Crippen LogP contribution in [0.4, 0.5) is 0 Å². The number of aliphatic carboxylic acids is 1. The summed E-state index contributed by atoms with van der Waals surface area (Å²) in [5.41, 5.74) is 0. The van der Waals surface area contributed by atoms with Crippen LogP contribution in [0.5, 0.6) is 11.5 Å². The molecule has 1 aromatic rings. The van der Waals surface area contributed by atoms with Gasteiger partial charge in [-0.25, -0.2) is 0 Å². The van der Waals surface area contributed by atoms with Gasteiger partial charge in [0, 0.05) is 12.8 Å². The van der Waals surface area contributed by atoms with Crippen molar-refractivity contribution < 1.29 is 24.2 Å². The van der Waals surface area contributed by atoms with E-state index in [1.807, 2.05) is 24.3 Å². The van der Waals surface area contributed by atoms with Crippen LogP contribution in [0.25, 0.3) is 0 Å². The number of carboxylic acid groups (broad SMARTS) is 1. The monoisotopic (exact) mass is 279 g/mol. The Labute approximate surface area is 116 Å². The molecule has 6 nitrogen and oxygen atoms in total. The number of hydrogen-bond acceptors (Lipinski definition) is 4. The minimum Gasteiger partial charge on any atom is -0.486 e. The van der Waals surface area contributed by atoms with E-state index >= 15 is 0 Å². The zero-order valence-electron chi connectivity index (χ0n) is 11.0. The molecule has 108 valence electrons. The summed E-state index contributed by atoms with van der Waals surface area (Å²) in [7, 11) is 0. The second-order valence-electron chi connectivity index (χ2n) is 4.55. The Morgan fingerprint density at radius 2 is 2.00 bits per heavy atom. The summed E-state index contributed by atoms with van der Waals surface area (Å²) in [6.07, 6.45) is 0.320. The third kappa shape index (κ3) is 4.15. The van der Waals surface area contributed by atoms with Gasteiger partial charge in [0.2, 0.25) is 5.91 Å². The fourth-order valence-corrected chi connectivity index (χ4v) is 1.88. The molecule has 0 fully saturated rings. The zero-order chi connectivity index (χ0) is 14.4. The molecular formula is C14H17NO5. The number of benzene rings is 1. The van der Waals surface area contributed by atoms with Crippen molar-refractivity contribution in [3.8, 4) is 11.5 Å². The van der Waals surface area contributed by atoms with Gasteiger partial charge in [0.05, 0.1) is 6.54 Å². The number of para-hydroxylation sites is 2. The van der Waals surface area contributed by atoms with Crippen molar-refractivity contribution in [2.75, 3.05) is 13.2 Å². The molecule has 1 aliphatic rings. The molecule has 0 bridgehead atoms. The van der Waals surface area contributed by atoms with Crippen LogP contribution < -0.4 is 14.8 Å². The summed E-state index contributed by atoms with van der Waals surface area (Å²) >= 11 is 0. The van der Waals surface area contributed by atoms with Crippen LogP contribution in [0.2, 0.25) is 0 Å². The molecule has 0 aliphatic carbocycles. The highest BCUT2D eigenvalue weighted by atomic mass is 16.6. The number of nitrogens with one attached hydrogen (secondary N) is 1. The van der Waals surface area contributed by atoms with Gasteiger partial charge in [0.15, 0.2) is 11.5 Å². The van der Waals surface area contributed by atoms with E-state index in [2.05, 4.69) is 5.32 Å². The summed E-state index contributed by atoms with van der Waals surface area (Å²) in [5, 5.41) is 11.2. The van der Waals surface area contributed by atoms with E-state index in [9.17, 15) is 9.59 Å². The largest absolute Gasteiger partial charge is 0.486 e. The standard InChI is InChI=1S/C14H17NO5/c16-13(6-3-7-14(17)18)15-8-10-9-19-11-4-1-2-5-12(11)20-10/h1-2,4-5,10H,3,6-9H2,(H,15,16)(H,17,18). The van der Waals surface area contributed by atoms with Crippen LogP contribution in [0.1, 0.15) is 19.3 Å². The van der Waals surface area contributed by atoms with E-state index in [0.29, 0.717) is 31.1 Å². The highest BCUT2D eigenvalue weighted by Crippen LogP contribution is 2.30. The van der Waals surface area contributed by atoms with Crippen molar-refractivity contribution in [3.63, 3.8) is 0 Å². The van der Waals surface area contributed by atoms with Gasteiger partial charge in [-0.1, -0.05) is 12.1 Å². The predicted octanol–water partition coefficient (Wildman–Crippen LogP) is 1.20. The molecule has 0 spiro atoms. The van der Waals surface area contributed by atoms with Crippen molar-refractivity contribution in [1.82, 2.24) is 5.32 Å². The summed E-state index contributed by atoms with van der Waals surface area (Å²) < 4.78 is 11.2.